The van der Waals surface area contributed by atoms with Crippen LogP contribution in [0.25, 0.3) is 22.6 Å². The summed E-state index contributed by atoms with van der Waals surface area (Å²) in [6.45, 7) is 8.35. The lowest BCUT2D eigenvalue weighted by Crippen LogP contribution is -2.24. The van der Waals surface area contributed by atoms with Crippen LogP contribution in [0, 0.1) is 20.8 Å². The molecule has 0 saturated carbocycles. The molecule has 0 unspecified atom stereocenters. The summed E-state index contributed by atoms with van der Waals surface area (Å²) in [6, 6.07) is 12.1. The minimum Gasteiger partial charge on any atom is -0.361 e. The first-order chi connectivity index (χ1) is 16.1. The molecule has 0 radical (unpaired) electrons. The minimum atomic E-state index is 0.596. The number of nitrogens with one attached hydrogen (secondary N) is 3. The van der Waals surface area contributed by atoms with E-state index >= 15 is 0 Å². The molecule has 8 heteroatoms. The zero-order chi connectivity index (χ0) is 23.2. The summed E-state index contributed by atoms with van der Waals surface area (Å²) < 4.78 is 5.44. The number of benzene rings is 1. The fourth-order valence-electron chi connectivity index (χ4n) is 3.64. The number of hydrogen-bond donors (Lipinski definition) is 3. The van der Waals surface area contributed by atoms with Crippen LogP contribution in [0.5, 0.6) is 0 Å². The predicted octanol–water partition coefficient (Wildman–Crippen LogP) is 4.17. The highest BCUT2D eigenvalue weighted by Crippen LogP contribution is 2.34. The lowest BCUT2D eigenvalue weighted by Gasteiger charge is -2.15. The SMILES string of the molecule is CNCCNCc1cncc(-c2nc(Nc3ccccc3)c(C)c(-c3c(C)noc3C)n2)c1. The molecule has 170 valence electrons. The number of pyridine rings is 1. The van der Waals surface area contributed by atoms with Gasteiger partial charge >= 0.3 is 0 Å². The molecule has 0 aliphatic heterocycles. The highest BCUT2D eigenvalue weighted by molar-refractivity contribution is 5.76. The molecular formula is C25H29N7O. The summed E-state index contributed by atoms with van der Waals surface area (Å²) in [6.07, 6.45) is 3.66. The van der Waals surface area contributed by atoms with Gasteiger partial charge in [-0.25, -0.2) is 9.97 Å². The van der Waals surface area contributed by atoms with Crippen LogP contribution in [0.2, 0.25) is 0 Å². The van der Waals surface area contributed by atoms with Gasteiger partial charge < -0.3 is 20.5 Å². The van der Waals surface area contributed by atoms with E-state index in [0.717, 1.165) is 70.5 Å². The Labute approximate surface area is 193 Å². The molecule has 0 amide bonds. The van der Waals surface area contributed by atoms with E-state index in [0.29, 0.717) is 5.82 Å². The quantitative estimate of drug-likeness (QED) is 0.331. The average Bonchev–Trinajstić information content (AvgIpc) is 3.17. The van der Waals surface area contributed by atoms with Gasteiger partial charge in [0, 0.05) is 48.8 Å². The van der Waals surface area contributed by atoms with E-state index in [-0.39, 0.29) is 0 Å². The minimum absolute atomic E-state index is 0.596. The number of aryl methyl sites for hydroxylation is 2. The topological polar surface area (TPSA) is 101 Å². The molecule has 8 nitrogen and oxygen atoms in total. The average molecular weight is 444 g/mol. The molecule has 1 aromatic carbocycles. The first-order valence-corrected chi connectivity index (χ1v) is 11.0. The smallest absolute Gasteiger partial charge is 0.163 e. The Balaban J connectivity index is 1.77. The number of likely N-dealkylation sites (N-methyl/N-ethyl adjacent to an activating group) is 1. The first kappa shape index (κ1) is 22.6. The molecule has 4 rings (SSSR count). The lowest BCUT2D eigenvalue weighted by molar-refractivity contribution is 0.393. The van der Waals surface area contributed by atoms with Crippen molar-refractivity contribution >= 4 is 11.5 Å². The third kappa shape index (κ3) is 5.24. The van der Waals surface area contributed by atoms with Gasteiger partial charge in [-0.15, -0.1) is 0 Å². The van der Waals surface area contributed by atoms with E-state index in [2.05, 4.69) is 32.2 Å². The van der Waals surface area contributed by atoms with Crippen LogP contribution in [0.15, 0.2) is 53.3 Å². The molecule has 0 atom stereocenters. The molecule has 3 heterocycles. The van der Waals surface area contributed by atoms with Crippen LogP contribution < -0.4 is 16.0 Å². The van der Waals surface area contributed by atoms with Gasteiger partial charge in [-0.1, -0.05) is 23.4 Å². The maximum absolute atomic E-state index is 5.44. The van der Waals surface area contributed by atoms with Gasteiger partial charge in [-0.2, -0.15) is 0 Å². The maximum Gasteiger partial charge on any atom is 0.163 e. The standard InChI is InChI=1S/C25H29N7O/c1-16-23(22-17(2)32-33-18(22)3)30-25(31-24(16)29-21-8-6-5-7-9-21)20-12-19(14-28-15-20)13-27-11-10-26-4/h5-9,12,14-15,26-27H,10-11,13H2,1-4H3,(H,29,30,31). The molecule has 3 N–H and O–H groups in total. The number of para-hydroxylation sites is 1. The van der Waals surface area contributed by atoms with Gasteiger partial charge in [0.05, 0.1) is 17.0 Å². The summed E-state index contributed by atoms with van der Waals surface area (Å²) in [7, 11) is 1.94. The number of nitrogens with zero attached hydrogens (tertiary/aromatic N) is 4. The third-order valence-electron chi connectivity index (χ3n) is 5.39. The van der Waals surface area contributed by atoms with Crippen LogP contribution in [0.4, 0.5) is 11.5 Å². The maximum atomic E-state index is 5.44. The summed E-state index contributed by atoms with van der Waals surface area (Å²) in [5.41, 5.74) is 6.30. The Morgan fingerprint density at radius 1 is 0.970 bits per heavy atom. The Morgan fingerprint density at radius 3 is 2.52 bits per heavy atom. The van der Waals surface area contributed by atoms with Gasteiger partial charge in [-0.3, -0.25) is 4.98 Å². The van der Waals surface area contributed by atoms with Crippen molar-refractivity contribution < 1.29 is 4.52 Å². The molecule has 4 aromatic rings. The van der Waals surface area contributed by atoms with Gasteiger partial charge in [-0.05, 0) is 51.6 Å². The number of aromatic nitrogens is 4. The van der Waals surface area contributed by atoms with Crippen LogP contribution in [0.1, 0.15) is 22.6 Å². The highest BCUT2D eigenvalue weighted by atomic mass is 16.5. The van der Waals surface area contributed by atoms with Crippen LogP contribution in [-0.2, 0) is 6.54 Å². The lowest BCUT2D eigenvalue weighted by atomic mass is 10.0. The fraction of sp³-hybridized carbons (Fsp3) is 0.280. The summed E-state index contributed by atoms with van der Waals surface area (Å²) in [5, 5.41) is 14.1. The zero-order valence-corrected chi connectivity index (χ0v) is 19.4. The van der Waals surface area contributed by atoms with E-state index in [4.69, 9.17) is 14.5 Å². The van der Waals surface area contributed by atoms with E-state index in [9.17, 15) is 0 Å². The van der Waals surface area contributed by atoms with E-state index in [1.807, 2.05) is 64.3 Å². The van der Waals surface area contributed by atoms with E-state index in [1.165, 1.54) is 0 Å². The van der Waals surface area contributed by atoms with Crippen LogP contribution >= 0.6 is 0 Å². The van der Waals surface area contributed by atoms with Gasteiger partial charge in [0.1, 0.15) is 11.6 Å². The van der Waals surface area contributed by atoms with Crippen molar-refractivity contribution in [1.29, 1.82) is 0 Å². The molecule has 33 heavy (non-hydrogen) atoms. The van der Waals surface area contributed by atoms with Crippen molar-refractivity contribution in [1.82, 2.24) is 30.7 Å². The summed E-state index contributed by atoms with van der Waals surface area (Å²) in [4.78, 5) is 14.2. The fourth-order valence-corrected chi connectivity index (χ4v) is 3.64. The Bertz CT molecular complexity index is 1200. The van der Waals surface area contributed by atoms with Crippen molar-refractivity contribution in [3.63, 3.8) is 0 Å². The molecular weight excluding hydrogens is 414 g/mol. The monoisotopic (exact) mass is 443 g/mol. The molecule has 0 spiro atoms. The van der Waals surface area contributed by atoms with E-state index in [1.54, 1.807) is 6.20 Å². The number of anilines is 2. The number of hydrogen-bond acceptors (Lipinski definition) is 8. The molecule has 0 aliphatic carbocycles. The molecule has 0 saturated heterocycles. The second kappa shape index (κ2) is 10.3. The zero-order valence-electron chi connectivity index (χ0n) is 19.4. The number of rotatable bonds is 9. The summed E-state index contributed by atoms with van der Waals surface area (Å²) >= 11 is 0. The molecule has 0 aliphatic rings. The van der Waals surface area contributed by atoms with Crippen molar-refractivity contribution in [2.24, 2.45) is 0 Å². The second-order valence-corrected chi connectivity index (χ2v) is 7.92. The van der Waals surface area contributed by atoms with Gasteiger partial charge in [0.15, 0.2) is 5.82 Å². The Kier molecular flexibility index (Phi) is 7.07. The summed E-state index contributed by atoms with van der Waals surface area (Å²) in [5.74, 6) is 2.06. The van der Waals surface area contributed by atoms with Gasteiger partial charge in [0.25, 0.3) is 0 Å². The van der Waals surface area contributed by atoms with Crippen molar-refractivity contribution in [3.05, 3.63) is 71.4 Å². The predicted molar refractivity (Wildman–Crippen MR) is 130 cm³/mol. The molecule has 0 fully saturated rings. The Morgan fingerprint density at radius 2 is 1.79 bits per heavy atom. The molecule has 3 aromatic heterocycles. The highest BCUT2D eigenvalue weighted by Gasteiger charge is 2.20. The van der Waals surface area contributed by atoms with Crippen molar-refractivity contribution in [2.75, 3.05) is 25.5 Å². The van der Waals surface area contributed by atoms with Gasteiger partial charge in [0.2, 0.25) is 0 Å². The van der Waals surface area contributed by atoms with E-state index < -0.39 is 0 Å². The van der Waals surface area contributed by atoms with Crippen LogP contribution in [-0.4, -0.2) is 40.2 Å². The van der Waals surface area contributed by atoms with Crippen molar-refractivity contribution in [2.45, 2.75) is 27.3 Å². The second-order valence-electron chi connectivity index (χ2n) is 7.92. The normalized spacial score (nSPS) is 11.0. The van der Waals surface area contributed by atoms with Crippen molar-refractivity contribution in [3.8, 4) is 22.6 Å². The first-order valence-electron chi connectivity index (χ1n) is 11.0. The third-order valence-corrected chi connectivity index (χ3v) is 5.39. The van der Waals surface area contributed by atoms with Crippen LogP contribution in [0.3, 0.4) is 0 Å². The largest absolute Gasteiger partial charge is 0.361 e. The molecule has 0 bridgehead atoms. The Hall–Kier alpha value is -3.62.